The lowest BCUT2D eigenvalue weighted by atomic mass is 10.2. The van der Waals surface area contributed by atoms with Crippen LogP contribution in [-0.4, -0.2) is 21.0 Å². The van der Waals surface area contributed by atoms with E-state index in [1.54, 1.807) is 12.1 Å². The van der Waals surface area contributed by atoms with E-state index in [0.29, 0.717) is 0 Å². The number of aromatic hydroxyl groups is 1. The Hall–Kier alpha value is -2.70. The zero-order chi connectivity index (χ0) is 17.1. The van der Waals surface area contributed by atoms with Gasteiger partial charge < -0.3 is 15.7 Å². The van der Waals surface area contributed by atoms with Crippen LogP contribution in [-0.2, 0) is 11.2 Å². The normalized spacial score (nSPS) is 16.1. The molecule has 0 aliphatic carbocycles. The molecule has 120 valence electrons. The van der Waals surface area contributed by atoms with Gasteiger partial charge in [-0.3, -0.25) is 0 Å². The summed E-state index contributed by atoms with van der Waals surface area (Å²) in [6.07, 6.45) is 0. The molecule has 1 unspecified atom stereocenters. The number of nitriles is 1. The van der Waals surface area contributed by atoms with Crippen LogP contribution < -0.4 is 10.6 Å². The molecule has 1 heterocycles. The lowest BCUT2D eigenvalue weighted by Gasteiger charge is -2.12. The van der Waals surface area contributed by atoms with Crippen molar-refractivity contribution in [2.45, 2.75) is 0 Å². The van der Waals surface area contributed by atoms with Gasteiger partial charge in [-0.1, -0.05) is 18.2 Å². The van der Waals surface area contributed by atoms with Gasteiger partial charge in [-0.2, -0.15) is 5.26 Å². The van der Waals surface area contributed by atoms with E-state index in [-0.39, 0.29) is 28.7 Å². The molecule has 24 heavy (non-hydrogen) atoms. The van der Waals surface area contributed by atoms with Crippen molar-refractivity contribution in [2.75, 3.05) is 10.6 Å². The second-order valence-electron chi connectivity index (χ2n) is 4.65. The standard InChI is InChI=1S/C15H10BrN5O2S/c16-10-5-1-2-6-11(10)18-14-15(21-24(23)20-14)19-12-7-3-4-9(8-17)13(12)22/h1-7,22H,(H,18,20)(H,19,21). The monoisotopic (exact) mass is 403 g/mol. The van der Waals surface area contributed by atoms with E-state index in [2.05, 4.69) is 35.4 Å². The first-order valence-corrected chi connectivity index (χ1v) is 8.54. The number of para-hydroxylation sites is 2. The van der Waals surface area contributed by atoms with Crippen molar-refractivity contribution < 1.29 is 9.32 Å². The van der Waals surface area contributed by atoms with Gasteiger partial charge >= 0.3 is 0 Å². The SMILES string of the molecule is N#Cc1cccc(NC2=NS(=O)N=C2Nc2ccccc2Br)c1O. The summed E-state index contributed by atoms with van der Waals surface area (Å²) in [5, 5.41) is 24.9. The topological polar surface area (TPSA) is 110 Å². The highest BCUT2D eigenvalue weighted by atomic mass is 79.9. The third kappa shape index (κ3) is 3.29. The molecule has 0 saturated heterocycles. The van der Waals surface area contributed by atoms with Crippen LogP contribution in [0.4, 0.5) is 11.4 Å². The molecule has 0 spiro atoms. The molecule has 0 saturated carbocycles. The smallest absolute Gasteiger partial charge is 0.269 e. The highest BCUT2D eigenvalue weighted by molar-refractivity contribution is 9.10. The first-order valence-electron chi connectivity index (χ1n) is 6.69. The average Bonchev–Trinajstić information content (AvgIpc) is 2.91. The Morgan fingerprint density at radius 1 is 1.04 bits per heavy atom. The molecular formula is C15H10BrN5O2S. The molecular weight excluding hydrogens is 394 g/mol. The Bertz CT molecular complexity index is 936. The number of phenols is 1. The molecule has 2 aromatic carbocycles. The fourth-order valence-corrected chi connectivity index (χ4v) is 2.98. The maximum atomic E-state index is 11.7. The fourth-order valence-electron chi connectivity index (χ4n) is 1.98. The molecule has 1 aliphatic heterocycles. The van der Waals surface area contributed by atoms with E-state index < -0.39 is 11.2 Å². The van der Waals surface area contributed by atoms with Gasteiger partial charge in [0.25, 0.3) is 11.2 Å². The average molecular weight is 404 g/mol. The Balaban J connectivity index is 1.87. The summed E-state index contributed by atoms with van der Waals surface area (Å²) >= 11 is 1.64. The van der Waals surface area contributed by atoms with Gasteiger partial charge in [0.15, 0.2) is 17.4 Å². The molecule has 9 heteroatoms. The minimum atomic E-state index is -1.76. The summed E-state index contributed by atoms with van der Waals surface area (Å²) in [6, 6.07) is 13.9. The minimum Gasteiger partial charge on any atom is -0.504 e. The molecule has 0 amide bonds. The van der Waals surface area contributed by atoms with E-state index in [4.69, 9.17) is 5.26 Å². The Labute approximate surface area is 148 Å². The Morgan fingerprint density at radius 3 is 2.33 bits per heavy atom. The number of phenolic OH excluding ortho intramolecular Hbond substituents is 1. The van der Waals surface area contributed by atoms with Crippen molar-refractivity contribution in [3.63, 3.8) is 0 Å². The Kier molecular flexibility index (Phi) is 4.59. The summed E-state index contributed by atoms with van der Waals surface area (Å²) in [4.78, 5) is 0. The number of hydrogen-bond donors (Lipinski definition) is 3. The van der Waals surface area contributed by atoms with Crippen LogP contribution in [0.25, 0.3) is 0 Å². The van der Waals surface area contributed by atoms with Crippen LogP contribution in [0.3, 0.4) is 0 Å². The first-order chi connectivity index (χ1) is 11.6. The molecule has 0 bridgehead atoms. The van der Waals surface area contributed by atoms with Crippen LogP contribution >= 0.6 is 15.9 Å². The maximum Gasteiger partial charge on any atom is 0.269 e. The van der Waals surface area contributed by atoms with E-state index in [9.17, 15) is 9.32 Å². The summed E-state index contributed by atoms with van der Waals surface area (Å²) in [5.74, 6) is 0.261. The number of rotatable bonds is 2. The molecule has 0 radical (unpaired) electrons. The summed E-state index contributed by atoms with van der Waals surface area (Å²) < 4.78 is 20.3. The number of nitrogens with zero attached hydrogens (tertiary/aromatic N) is 3. The van der Waals surface area contributed by atoms with Crippen LogP contribution in [0.2, 0.25) is 0 Å². The first kappa shape index (κ1) is 16.2. The third-order valence-corrected chi connectivity index (χ3v) is 4.47. The maximum absolute atomic E-state index is 11.7. The number of halogens is 1. The van der Waals surface area contributed by atoms with Gasteiger partial charge in [-0.05, 0) is 40.2 Å². The van der Waals surface area contributed by atoms with Crippen LogP contribution in [0.5, 0.6) is 5.75 Å². The van der Waals surface area contributed by atoms with Crippen molar-refractivity contribution >= 4 is 50.1 Å². The van der Waals surface area contributed by atoms with E-state index >= 15 is 0 Å². The van der Waals surface area contributed by atoms with Gasteiger partial charge in [0.1, 0.15) is 6.07 Å². The van der Waals surface area contributed by atoms with Crippen molar-refractivity contribution in [3.05, 3.63) is 52.5 Å². The second-order valence-corrected chi connectivity index (χ2v) is 6.33. The molecule has 1 atom stereocenters. The number of benzene rings is 2. The quantitative estimate of drug-likeness (QED) is 0.667. The molecule has 7 nitrogen and oxygen atoms in total. The zero-order valence-corrected chi connectivity index (χ0v) is 14.4. The molecule has 0 aromatic heterocycles. The number of anilines is 2. The molecule has 3 rings (SSSR count). The van der Waals surface area contributed by atoms with Gasteiger partial charge in [0.2, 0.25) is 0 Å². The molecule has 1 aliphatic rings. The number of hydrogen-bond acceptors (Lipinski definition) is 5. The van der Waals surface area contributed by atoms with Crippen molar-refractivity contribution in [3.8, 4) is 11.8 Å². The molecule has 2 aromatic rings. The highest BCUT2D eigenvalue weighted by Crippen LogP contribution is 2.28. The van der Waals surface area contributed by atoms with Gasteiger partial charge in [-0.15, -0.1) is 8.80 Å². The van der Waals surface area contributed by atoms with Crippen LogP contribution in [0, 0.1) is 11.3 Å². The minimum absolute atomic E-state index is 0.122. The largest absolute Gasteiger partial charge is 0.504 e. The van der Waals surface area contributed by atoms with Crippen molar-refractivity contribution in [2.24, 2.45) is 8.80 Å². The lowest BCUT2D eigenvalue weighted by Crippen LogP contribution is -2.27. The van der Waals surface area contributed by atoms with Crippen molar-refractivity contribution in [1.29, 1.82) is 5.26 Å². The predicted molar refractivity (Wildman–Crippen MR) is 97.2 cm³/mol. The second kappa shape index (κ2) is 6.82. The van der Waals surface area contributed by atoms with E-state index in [1.807, 2.05) is 30.3 Å². The third-order valence-electron chi connectivity index (χ3n) is 3.10. The fraction of sp³-hybridized carbons (Fsp3) is 0. The molecule has 3 N–H and O–H groups in total. The summed E-state index contributed by atoms with van der Waals surface area (Å²) in [5.41, 5.74) is 1.12. The van der Waals surface area contributed by atoms with E-state index in [0.717, 1.165) is 10.2 Å². The summed E-state index contributed by atoms with van der Waals surface area (Å²) in [6.45, 7) is 0. The molecule has 0 fully saturated rings. The van der Waals surface area contributed by atoms with Crippen molar-refractivity contribution in [1.82, 2.24) is 0 Å². The van der Waals surface area contributed by atoms with Crippen LogP contribution in [0.1, 0.15) is 5.56 Å². The highest BCUT2D eigenvalue weighted by Gasteiger charge is 2.21. The van der Waals surface area contributed by atoms with E-state index in [1.165, 1.54) is 6.07 Å². The zero-order valence-electron chi connectivity index (χ0n) is 12.0. The van der Waals surface area contributed by atoms with Gasteiger partial charge in [0.05, 0.1) is 16.9 Å². The Morgan fingerprint density at radius 2 is 1.67 bits per heavy atom. The van der Waals surface area contributed by atoms with Gasteiger partial charge in [0, 0.05) is 4.47 Å². The lowest BCUT2D eigenvalue weighted by molar-refractivity contribution is 0.476. The summed E-state index contributed by atoms with van der Waals surface area (Å²) in [7, 11) is 0. The van der Waals surface area contributed by atoms with Crippen LogP contribution in [0.15, 0.2) is 55.7 Å². The van der Waals surface area contributed by atoms with Gasteiger partial charge in [-0.25, -0.2) is 4.21 Å². The predicted octanol–water partition coefficient (Wildman–Crippen LogP) is 2.94. The number of nitrogens with one attached hydrogen (secondary N) is 2. The number of amidine groups is 2.